The number of amides is 1. The van der Waals surface area contributed by atoms with E-state index in [1.54, 1.807) is 20.5 Å². The van der Waals surface area contributed by atoms with Gasteiger partial charge in [0.1, 0.15) is 17.8 Å². The van der Waals surface area contributed by atoms with Crippen molar-refractivity contribution in [3.8, 4) is 17.2 Å². The summed E-state index contributed by atoms with van der Waals surface area (Å²) in [6.45, 7) is 2.29. The molecule has 0 saturated heterocycles. The van der Waals surface area contributed by atoms with Crippen LogP contribution in [-0.2, 0) is 11.3 Å². The van der Waals surface area contributed by atoms with Crippen molar-refractivity contribution >= 4 is 17.7 Å². The van der Waals surface area contributed by atoms with E-state index >= 15 is 0 Å². The Morgan fingerprint density at radius 1 is 1.14 bits per heavy atom. The fourth-order valence-electron chi connectivity index (χ4n) is 2.59. The van der Waals surface area contributed by atoms with E-state index in [4.69, 9.17) is 9.47 Å². The number of nitrogens with zero attached hydrogens (tertiary/aromatic N) is 3. The van der Waals surface area contributed by atoms with E-state index in [2.05, 4.69) is 15.5 Å². The molecule has 1 aromatic heterocycles. The second-order valence-electron chi connectivity index (χ2n) is 5.98. The van der Waals surface area contributed by atoms with E-state index in [-0.39, 0.29) is 11.2 Å². The Hall–Kier alpha value is -3.00. The van der Waals surface area contributed by atoms with Crippen LogP contribution in [-0.4, -0.2) is 40.1 Å². The molecule has 2 aromatic carbocycles. The number of nitrogens with one attached hydrogen (secondary N) is 1. The summed E-state index contributed by atoms with van der Waals surface area (Å²) in [6, 6.07) is 15.2. The van der Waals surface area contributed by atoms with Gasteiger partial charge in [0, 0.05) is 6.54 Å². The van der Waals surface area contributed by atoms with E-state index in [9.17, 15) is 4.79 Å². The third kappa shape index (κ3) is 4.64. The molecule has 0 aliphatic rings. The molecule has 1 N–H and O–H groups in total. The largest absolute Gasteiger partial charge is 0.497 e. The van der Waals surface area contributed by atoms with Crippen molar-refractivity contribution in [2.45, 2.75) is 23.9 Å². The summed E-state index contributed by atoms with van der Waals surface area (Å²) in [6.07, 6.45) is 1.61. The molecule has 0 fully saturated rings. The Labute approximate surface area is 168 Å². The minimum absolute atomic E-state index is 0.0737. The molecule has 0 spiro atoms. The zero-order valence-corrected chi connectivity index (χ0v) is 16.8. The SMILES string of the molecule is COc1ccc(CNC(=O)[C@H](C)Sc2nncn2-c2ccccc2OC)cc1. The van der Waals surface area contributed by atoms with Gasteiger partial charge in [0.15, 0.2) is 5.16 Å². The van der Waals surface area contributed by atoms with Gasteiger partial charge in [0.2, 0.25) is 5.91 Å². The zero-order chi connectivity index (χ0) is 19.9. The van der Waals surface area contributed by atoms with Crippen molar-refractivity contribution in [2.24, 2.45) is 0 Å². The van der Waals surface area contributed by atoms with E-state index in [0.29, 0.717) is 17.5 Å². The lowest BCUT2D eigenvalue weighted by molar-refractivity contribution is -0.120. The normalized spacial score (nSPS) is 11.7. The predicted octanol–water partition coefficient (Wildman–Crippen LogP) is 3.08. The minimum atomic E-state index is -0.337. The molecule has 28 heavy (non-hydrogen) atoms. The number of carbonyl (C=O) groups is 1. The van der Waals surface area contributed by atoms with Gasteiger partial charge in [-0.2, -0.15) is 0 Å². The fourth-order valence-corrected chi connectivity index (χ4v) is 3.45. The first-order valence-corrected chi connectivity index (χ1v) is 9.61. The monoisotopic (exact) mass is 398 g/mol. The maximum absolute atomic E-state index is 12.5. The molecule has 0 aliphatic carbocycles. The van der Waals surface area contributed by atoms with E-state index in [1.807, 2.05) is 60.0 Å². The van der Waals surface area contributed by atoms with Gasteiger partial charge in [-0.1, -0.05) is 36.0 Å². The summed E-state index contributed by atoms with van der Waals surface area (Å²) in [5.41, 5.74) is 1.83. The lowest BCUT2D eigenvalue weighted by Crippen LogP contribution is -2.30. The molecular weight excluding hydrogens is 376 g/mol. The van der Waals surface area contributed by atoms with Gasteiger partial charge in [-0.15, -0.1) is 10.2 Å². The molecule has 7 nitrogen and oxygen atoms in total. The number of thioether (sulfide) groups is 1. The first kappa shape index (κ1) is 19.8. The van der Waals surface area contributed by atoms with E-state index < -0.39 is 0 Å². The van der Waals surface area contributed by atoms with Crippen LogP contribution in [0.25, 0.3) is 5.69 Å². The molecule has 1 amide bonds. The summed E-state index contributed by atoms with van der Waals surface area (Å²) in [7, 11) is 3.24. The second-order valence-corrected chi connectivity index (χ2v) is 7.29. The summed E-state index contributed by atoms with van der Waals surface area (Å²) < 4.78 is 12.4. The van der Waals surface area contributed by atoms with Crippen molar-refractivity contribution in [2.75, 3.05) is 14.2 Å². The first-order valence-electron chi connectivity index (χ1n) is 8.73. The molecule has 3 rings (SSSR count). The molecule has 0 aliphatic heterocycles. The van der Waals surface area contributed by atoms with Crippen LogP contribution in [0.5, 0.6) is 11.5 Å². The highest BCUT2D eigenvalue weighted by Crippen LogP contribution is 2.28. The molecule has 146 valence electrons. The number of ether oxygens (including phenoxy) is 2. The van der Waals surface area contributed by atoms with Crippen molar-refractivity contribution in [3.63, 3.8) is 0 Å². The third-order valence-electron chi connectivity index (χ3n) is 4.14. The second kappa shape index (κ2) is 9.27. The van der Waals surface area contributed by atoms with Crippen LogP contribution in [0.3, 0.4) is 0 Å². The highest BCUT2D eigenvalue weighted by molar-refractivity contribution is 8.00. The third-order valence-corrected chi connectivity index (χ3v) is 5.20. The zero-order valence-electron chi connectivity index (χ0n) is 16.0. The molecule has 1 atom stereocenters. The van der Waals surface area contributed by atoms with Gasteiger partial charge in [0.25, 0.3) is 0 Å². The Kier molecular flexibility index (Phi) is 6.54. The van der Waals surface area contributed by atoms with Gasteiger partial charge in [-0.25, -0.2) is 0 Å². The van der Waals surface area contributed by atoms with Crippen molar-refractivity contribution < 1.29 is 14.3 Å². The summed E-state index contributed by atoms with van der Waals surface area (Å²) in [5.74, 6) is 1.42. The van der Waals surface area contributed by atoms with Gasteiger partial charge in [-0.3, -0.25) is 9.36 Å². The summed E-state index contributed by atoms with van der Waals surface area (Å²) in [4.78, 5) is 12.5. The Bertz CT molecular complexity index is 927. The van der Waals surface area contributed by atoms with Gasteiger partial charge >= 0.3 is 0 Å². The number of carbonyl (C=O) groups excluding carboxylic acids is 1. The summed E-state index contributed by atoms with van der Waals surface area (Å²) in [5, 5.41) is 11.4. The standard InChI is InChI=1S/C20H22N4O3S/c1-14(19(25)21-12-15-8-10-16(26-2)11-9-15)28-20-23-22-13-24(20)17-6-4-5-7-18(17)27-3/h4-11,13-14H,12H2,1-3H3,(H,21,25)/t14-/m0/s1. The highest BCUT2D eigenvalue weighted by Gasteiger charge is 2.19. The number of hydrogen-bond acceptors (Lipinski definition) is 6. The molecule has 0 unspecified atom stereocenters. The number of methoxy groups -OCH3 is 2. The van der Waals surface area contributed by atoms with Gasteiger partial charge < -0.3 is 14.8 Å². The van der Waals surface area contributed by atoms with Crippen molar-refractivity contribution in [3.05, 3.63) is 60.4 Å². The Balaban J connectivity index is 1.64. The lowest BCUT2D eigenvalue weighted by Gasteiger charge is -2.14. The van der Waals surface area contributed by atoms with E-state index in [0.717, 1.165) is 17.0 Å². The van der Waals surface area contributed by atoms with Crippen LogP contribution in [0.1, 0.15) is 12.5 Å². The topological polar surface area (TPSA) is 78.3 Å². The van der Waals surface area contributed by atoms with Crippen LogP contribution < -0.4 is 14.8 Å². The molecule has 0 bridgehead atoms. The summed E-state index contributed by atoms with van der Waals surface area (Å²) >= 11 is 1.34. The van der Waals surface area contributed by atoms with Gasteiger partial charge in [-0.05, 0) is 36.8 Å². The number of aromatic nitrogens is 3. The number of rotatable bonds is 8. The Morgan fingerprint density at radius 3 is 2.61 bits per heavy atom. The maximum atomic E-state index is 12.5. The lowest BCUT2D eigenvalue weighted by atomic mass is 10.2. The van der Waals surface area contributed by atoms with Crippen LogP contribution in [0.15, 0.2) is 60.0 Å². The van der Waals surface area contributed by atoms with Crippen LogP contribution >= 0.6 is 11.8 Å². The molecular formula is C20H22N4O3S. The van der Waals surface area contributed by atoms with Crippen molar-refractivity contribution in [1.29, 1.82) is 0 Å². The quantitative estimate of drug-likeness (QED) is 0.588. The maximum Gasteiger partial charge on any atom is 0.233 e. The number of hydrogen-bond donors (Lipinski definition) is 1. The molecule has 8 heteroatoms. The molecule has 1 heterocycles. The predicted molar refractivity (Wildman–Crippen MR) is 108 cm³/mol. The van der Waals surface area contributed by atoms with Crippen LogP contribution in [0.4, 0.5) is 0 Å². The highest BCUT2D eigenvalue weighted by atomic mass is 32.2. The number of benzene rings is 2. The average molecular weight is 398 g/mol. The van der Waals surface area contributed by atoms with Crippen LogP contribution in [0.2, 0.25) is 0 Å². The minimum Gasteiger partial charge on any atom is -0.497 e. The molecule has 3 aromatic rings. The molecule has 0 radical (unpaired) electrons. The van der Waals surface area contributed by atoms with Gasteiger partial charge in [0.05, 0.1) is 25.2 Å². The first-order chi connectivity index (χ1) is 13.6. The average Bonchev–Trinajstić information content (AvgIpc) is 3.20. The number of para-hydroxylation sites is 2. The van der Waals surface area contributed by atoms with Crippen LogP contribution in [0, 0.1) is 0 Å². The van der Waals surface area contributed by atoms with Crippen molar-refractivity contribution in [1.82, 2.24) is 20.1 Å². The molecule has 0 saturated carbocycles. The van der Waals surface area contributed by atoms with E-state index in [1.165, 1.54) is 11.8 Å². The Morgan fingerprint density at radius 2 is 1.89 bits per heavy atom. The fraction of sp³-hybridized carbons (Fsp3) is 0.250. The smallest absolute Gasteiger partial charge is 0.233 e.